The maximum Gasteiger partial charge on any atom is 0.238 e. The monoisotopic (exact) mass is 412 g/mol. The molecule has 2 rings (SSSR count). The van der Waals surface area contributed by atoms with Crippen LogP contribution >= 0.6 is 23.4 Å². The molecule has 1 unspecified atom stereocenters. The summed E-state index contributed by atoms with van der Waals surface area (Å²) < 4.78 is 22.5. The molecule has 0 radical (unpaired) electrons. The standard InChI is InChI=1S/C18H21ClN2O3S2/c1-13(14-4-10-17(11-5-14)26(20,23)24)21-18(22)3-2-12-25-16-8-6-15(19)7-9-16/h4-11,13H,2-3,12H2,1H3,(H,21,22)(H2,20,23,24). The van der Waals surface area contributed by atoms with Crippen LogP contribution in [-0.4, -0.2) is 20.1 Å². The van der Waals surface area contributed by atoms with Gasteiger partial charge in [-0.15, -0.1) is 11.8 Å². The summed E-state index contributed by atoms with van der Waals surface area (Å²) in [6.07, 6.45) is 1.19. The van der Waals surface area contributed by atoms with Crippen LogP contribution in [0.15, 0.2) is 58.3 Å². The first-order valence-corrected chi connectivity index (χ1v) is 11.0. The minimum Gasteiger partial charge on any atom is -0.350 e. The van der Waals surface area contributed by atoms with Crippen LogP contribution in [0.25, 0.3) is 0 Å². The van der Waals surface area contributed by atoms with E-state index < -0.39 is 10.0 Å². The lowest BCUT2D eigenvalue weighted by molar-refractivity contribution is -0.121. The molecular formula is C18H21ClN2O3S2. The molecule has 2 aromatic carbocycles. The van der Waals surface area contributed by atoms with Crippen LogP contribution in [-0.2, 0) is 14.8 Å². The molecule has 0 aliphatic heterocycles. The van der Waals surface area contributed by atoms with Gasteiger partial charge < -0.3 is 5.32 Å². The zero-order valence-corrected chi connectivity index (χ0v) is 16.7. The highest BCUT2D eigenvalue weighted by Gasteiger charge is 2.12. The van der Waals surface area contributed by atoms with Gasteiger partial charge in [0.15, 0.2) is 0 Å². The highest BCUT2D eigenvalue weighted by molar-refractivity contribution is 7.99. The molecule has 0 saturated heterocycles. The first-order valence-electron chi connectivity index (χ1n) is 8.06. The second-order valence-electron chi connectivity index (χ2n) is 5.81. The highest BCUT2D eigenvalue weighted by atomic mass is 35.5. The van der Waals surface area contributed by atoms with Crippen molar-refractivity contribution >= 4 is 39.3 Å². The number of carbonyl (C=O) groups is 1. The minimum absolute atomic E-state index is 0.0373. The Labute approximate surface area is 163 Å². The fourth-order valence-electron chi connectivity index (χ4n) is 2.30. The predicted molar refractivity (Wildman–Crippen MR) is 106 cm³/mol. The molecule has 26 heavy (non-hydrogen) atoms. The smallest absolute Gasteiger partial charge is 0.238 e. The van der Waals surface area contributed by atoms with E-state index in [1.165, 1.54) is 12.1 Å². The summed E-state index contributed by atoms with van der Waals surface area (Å²) in [7, 11) is -3.71. The number of amides is 1. The van der Waals surface area contributed by atoms with Crippen LogP contribution < -0.4 is 10.5 Å². The molecule has 0 aromatic heterocycles. The summed E-state index contributed by atoms with van der Waals surface area (Å²) in [4.78, 5) is 13.2. The zero-order valence-electron chi connectivity index (χ0n) is 14.3. The Morgan fingerprint density at radius 1 is 1.15 bits per heavy atom. The van der Waals surface area contributed by atoms with Gasteiger partial charge >= 0.3 is 0 Å². The van der Waals surface area contributed by atoms with Crippen LogP contribution in [0.5, 0.6) is 0 Å². The summed E-state index contributed by atoms with van der Waals surface area (Å²) in [6.45, 7) is 1.85. The number of thioether (sulfide) groups is 1. The molecule has 2 aromatic rings. The number of hydrogen-bond acceptors (Lipinski definition) is 4. The first-order chi connectivity index (χ1) is 12.3. The second kappa shape index (κ2) is 9.41. The molecule has 0 spiro atoms. The minimum atomic E-state index is -3.71. The van der Waals surface area contributed by atoms with E-state index in [1.54, 1.807) is 23.9 Å². The number of sulfonamides is 1. The number of nitrogens with one attached hydrogen (secondary N) is 1. The third kappa shape index (κ3) is 6.64. The average molecular weight is 413 g/mol. The number of primary sulfonamides is 1. The molecule has 0 heterocycles. The third-order valence-electron chi connectivity index (χ3n) is 3.72. The van der Waals surface area contributed by atoms with Crippen LogP contribution in [0.4, 0.5) is 0 Å². The van der Waals surface area contributed by atoms with Crippen molar-refractivity contribution in [2.75, 3.05) is 5.75 Å². The molecule has 8 heteroatoms. The summed E-state index contributed by atoms with van der Waals surface area (Å²) >= 11 is 7.53. The van der Waals surface area contributed by atoms with E-state index in [2.05, 4.69) is 5.32 Å². The second-order valence-corrected chi connectivity index (χ2v) is 8.98. The Morgan fingerprint density at radius 3 is 2.35 bits per heavy atom. The molecule has 0 aliphatic rings. The fourth-order valence-corrected chi connectivity index (χ4v) is 3.79. The van der Waals surface area contributed by atoms with Gasteiger partial charge in [0.25, 0.3) is 0 Å². The quantitative estimate of drug-likeness (QED) is 0.510. The van der Waals surface area contributed by atoms with Gasteiger partial charge in [0.2, 0.25) is 15.9 Å². The predicted octanol–water partition coefficient (Wildman–Crippen LogP) is 3.74. The fraction of sp³-hybridized carbons (Fsp3) is 0.278. The third-order valence-corrected chi connectivity index (χ3v) is 6.00. The molecule has 5 nitrogen and oxygen atoms in total. The normalized spacial score (nSPS) is 12.6. The van der Waals surface area contributed by atoms with E-state index in [0.717, 1.165) is 22.6 Å². The maximum atomic E-state index is 12.1. The van der Waals surface area contributed by atoms with Crippen LogP contribution in [0.2, 0.25) is 5.02 Å². The summed E-state index contributed by atoms with van der Waals surface area (Å²) in [5.41, 5.74) is 0.821. The van der Waals surface area contributed by atoms with E-state index in [0.29, 0.717) is 11.4 Å². The Balaban J connectivity index is 1.75. The van der Waals surface area contributed by atoms with Gasteiger partial charge in [-0.3, -0.25) is 4.79 Å². The summed E-state index contributed by atoms with van der Waals surface area (Å²) in [5, 5.41) is 8.70. The molecule has 0 bridgehead atoms. The molecule has 0 saturated carbocycles. The summed E-state index contributed by atoms with van der Waals surface area (Å²) in [5.74, 6) is 0.802. The Bertz CT molecular complexity index is 838. The molecule has 0 fully saturated rings. The first kappa shape index (κ1) is 20.8. The van der Waals surface area contributed by atoms with Gasteiger partial charge in [0, 0.05) is 16.3 Å². The molecule has 140 valence electrons. The van der Waals surface area contributed by atoms with Crippen LogP contribution in [0, 0.1) is 0 Å². The molecule has 3 N–H and O–H groups in total. The number of carbonyl (C=O) groups excluding carboxylic acids is 1. The van der Waals surface area contributed by atoms with Crippen molar-refractivity contribution in [3.63, 3.8) is 0 Å². The molecule has 1 amide bonds. The van der Waals surface area contributed by atoms with Crippen molar-refractivity contribution in [1.82, 2.24) is 5.32 Å². The largest absolute Gasteiger partial charge is 0.350 e. The van der Waals surface area contributed by atoms with Gasteiger partial charge in [-0.2, -0.15) is 0 Å². The van der Waals surface area contributed by atoms with Crippen molar-refractivity contribution < 1.29 is 13.2 Å². The van der Waals surface area contributed by atoms with Crippen molar-refractivity contribution in [2.45, 2.75) is 35.6 Å². The van der Waals surface area contributed by atoms with Gasteiger partial charge in [0.05, 0.1) is 10.9 Å². The van der Waals surface area contributed by atoms with Crippen molar-refractivity contribution in [2.24, 2.45) is 5.14 Å². The molecular weight excluding hydrogens is 392 g/mol. The van der Waals surface area contributed by atoms with E-state index in [1.807, 2.05) is 31.2 Å². The number of hydrogen-bond donors (Lipinski definition) is 2. The summed E-state index contributed by atoms with van der Waals surface area (Å²) in [6, 6.07) is 13.6. The van der Waals surface area contributed by atoms with E-state index >= 15 is 0 Å². The topological polar surface area (TPSA) is 89.3 Å². The number of benzene rings is 2. The number of nitrogens with two attached hydrogens (primary N) is 1. The van der Waals surface area contributed by atoms with Gasteiger partial charge in [-0.1, -0.05) is 23.7 Å². The van der Waals surface area contributed by atoms with Gasteiger partial charge in [-0.25, -0.2) is 13.6 Å². The Kier molecular flexibility index (Phi) is 7.52. The van der Waals surface area contributed by atoms with Gasteiger partial charge in [0.1, 0.15) is 0 Å². The van der Waals surface area contributed by atoms with Crippen molar-refractivity contribution in [3.8, 4) is 0 Å². The zero-order chi connectivity index (χ0) is 19.2. The SMILES string of the molecule is CC(NC(=O)CCCSc1ccc(Cl)cc1)c1ccc(S(N)(=O)=O)cc1. The lowest BCUT2D eigenvalue weighted by Crippen LogP contribution is -2.26. The van der Waals surface area contributed by atoms with Crippen molar-refractivity contribution in [1.29, 1.82) is 0 Å². The Morgan fingerprint density at radius 2 is 1.77 bits per heavy atom. The van der Waals surface area contributed by atoms with Crippen LogP contribution in [0.1, 0.15) is 31.4 Å². The molecule has 1 atom stereocenters. The van der Waals surface area contributed by atoms with Crippen molar-refractivity contribution in [3.05, 3.63) is 59.1 Å². The maximum absolute atomic E-state index is 12.1. The van der Waals surface area contributed by atoms with E-state index in [-0.39, 0.29) is 16.8 Å². The van der Waals surface area contributed by atoms with Gasteiger partial charge in [-0.05, 0) is 61.1 Å². The Hall–Kier alpha value is -1.54. The number of halogens is 1. The number of rotatable bonds is 8. The highest BCUT2D eigenvalue weighted by Crippen LogP contribution is 2.21. The average Bonchev–Trinajstić information content (AvgIpc) is 2.59. The molecule has 0 aliphatic carbocycles. The van der Waals surface area contributed by atoms with Crippen LogP contribution in [0.3, 0.4) is 0 Å². The lowest BCUT2D eigenvalue weighted by Gasteiger charge is -2.14. The van der Waals surface area contributed by atoms with E-state index in [9.17, 15) is 13.2 Å². The van der Waals surface area contributed by atoms with E-state index in [4.69, 9.17) is 16.7 Å². The lowest BCUT2D eigenvalue weighted by atomic mass is 10.1.